The van der Waals surface area contributed by atoms with E-state index >= 15 is 0 Å². The zero-order valence-corrected chi connectivity index (χ0v) is 16.2. The van der Waals surface area contributed by atoms with Gasteiger partial charge in [-0.15, -0.1) is 0 Å². The van der Waals surface area contributed by atoms with Gasteiger partial charge < -0.3 is 4.74 Å². The molecule has 5 nitrogen and oxygen atoms in total. The lowest BCUT2D eigenvalue weighted by molar-refractivity contribution is -0.0345. The first-order valence-electron chi connectivity index (χ1n) is 9.38. The van der Waals surface area contributed by atoms with Crippen molar-refractivity contribution < 1.29 is 17.9 Å². The summed E-state index contributed by atoms with van der Waals surface area (Å²) in [6.07, 6.45) is 3.23. The molecule has 0 radical (unpaired) electrons. The third kappa shape index (κ3) is 3.07. The first-order valence-corrected chi connectivity index (χ1v) is 10.8. The summed E-state index contributed by atoms with van der Waals surface area (Å²) in [7, 11) is -3.64. The van der Waals surface area contributed by atoms with Gasteiger partial charge in [0, 0.05) is 12.1 Å². The molecule has 2 aliphatic heterocycles. The summed E-state index contributed by atoms with van der Waals surface area (Å²) >= 11 is 0. The lowest BCUT2D eigenvalue weighted by Gasteiger charge is -2.38. The molecule has 27 heavy (non-hydrogen) atoms. The van der Waals surface area contributed by atoms with Crippen LogP contribution in [0.5, 0.6) is 0 Å². The monoisotopic (exact) mass is 385 g/mol. The molecule has 1 fully saturated rings. The first-order chi connectivity index (χ1) is 13.0. The van der Waals surface area contributed by atoms with Crippen molar-refractivity contribution in [1.29, 1.82) is 0 Å². The molecular weight excluding hydrogens is 362 g/mol. The Kier molecular flexibility index (Phi) is 4.56. The molecule has 2 aromatic carbocycles. The maximum atomic E-state index is 13.2. The summed E-state index contributed by atoms with van der Waals surface area (Å²) in [4.78, 5) is 12.6. The lowest BCUT2D eigenvalue weighted by atomic mass is 9.86. The smallest absolute Gasteiger partial charge is 0.339 e. The number of ether oxygens (including phenoxy) is 1. The first kappa shape index (κ1) is 18.2. The zero-order chi connectivity index (χ0) is 19.1. The van der Waals surface area contributed by atoms with Gasteiger partial charge in [-0.2, -0.15) is 4.31 Å². The Hall–Kier alpha value is -2.18. The molecule has 142 valence electrons. The molecule has 0 bridgehead atoms. The third-order valence-electron chi connectivity index (χ3n) is 5.45. The predicted octanol–water partition coefficient (Wildman–Crippen LogP) is 3.49. The predicted molar refractivity (Wildman–Crippen MR) is 102 cm³/mol. The van der Waals surface area contributed by atoms with Crippen molar-refractivity contribution in [3.05, 3.63) is 65.2 Å². The SMILES string of the molecule is CCCc1ccc(S(=O)(=O)N2CCCC3(C2)OC(=O)c2ccccc23)cc1. The fourth-order valence-corrected chi connectivity index (χ4v) is 5.63. The minimum Gasteiger partial charge on any atom is -0.449 e. The van der Waals surface area contributed by atoms with Gasteiger partial charge in [-0.3, -0.25) is 0 Å². The minimum absolute atomic E-state index is 0.162. The number of esters is 1. The van der Waals surface area contributed by atoms with E-state index in [1.807, 2.05) is 24.3 Å². The fraction of sp³-hybridized carbons (Fsp3) is 0.381. The van der Waals surface area contributed by atoms with E-state index < -0.39 is 15.6 Å². The van der Waals surface area contributed by atoms with Crippen LogP contribution in [-0.4, -0.2) is 31.8 Å². The maximum absolute atomic E-state index is 13.2. The highest BCUT2D eigenvalue weighted by atomic mass is 32.2. The van der Waals surface area contributed by atoms with Gasteiger partial charge in [0.25, 0.3) is 0 Å². The molecule has 2 heterocycles. The van der Waals surface area contributed by atoms with E-state index in [0.29, 0.717) is 24.9 Å². The number of aryl methyl sites for hydroxylation is 1. The van der Waals surface area contributed by atoms with Crippen molar-refractivity contribution in [1.82, 2.24) is 4.31 Å². The molecule has 0 N–H and O–H groups in total. The fourth-order valence-electron chi connectivity index (χ4n) is 4.10. The third-order valence-corrected chi connectivity index (χ3v) is 7.30. The molecule has 0 saturated carbocycles. The number of hydrogen-bond acceptors (Lipinski definition) is 4. The number of carbonyl (C=O) groups excluding carboxylic acids is 1. The van der Waals surface area contributed by atoms with E-state index in [-0.39, 0.29) is 17.4 Å². The van der Waals surface area contributed by atoms with E-state index in [2.05, 4.69) is 6.92 Å². The highest BCUT2D eigenvalue weighted by Gasteiger charge is 2.50. The molecule has 2 aromatic rings. The van der Waals surface area contributed by atoms with Gasteiger partial charge in [0.05, 0.1) is 17.0 Å². The lowest BCUT2D eigenvalue weighted by Crippen LogP contribution is -2.48. The topological polar surface area (TPSA) is 63.7 Å². The number of sulfonamides is 1. The Morgan fingerprint density at radius 1 is 1.11 bits per heavy atom. The van der Waals surface area contributed by atoms with Crippen molar-refractivity contribution in [2.45, 2.75) is 43.1 Å². The molecule has 1 spiro atoms. The van der Waals surface area contributed by atoms with Gasteiger partial charge in [0.1, 0.15) is 0 Å². The van der Waals surface area contributed by atoms with Gasteiger partial charge in [-0.05, 0) is 43.0 Å². The van der Waals surface area contributed by atoms with Crippen LogP contribution >= 0.6 is 0 Å². The van der Waals surface area contributed by atoms with Gasteiger partial charge in [-0.25, -0.2) is 13.2 Å². The Labute approximate surface area is 160 Å². The molecule has 1 atom stereocenters. The van der Waals surface area contributed by atoms with Crippen molar-refractivity contribution >= 4 is 16.0 Å². The highest BCUT2D eigenvalue weighted by Crippen LogP contribution is 2.43. The molecule has 0 amide bonds. The quantitative estimate of drug-likeness (QED) is 0.756. The average molecular weight is 385 g/mol. The van der Waals surface area contributed by atoms with E-state index in [9.17, 15) is 13.2 Å². The summed E-state index contributed by atoms with van der Waals surface area (Å²) < 4.78 is 33.5. The highest BCUT2D eigenvalue weighted by molar-refractivity contribution is 7.89. The second-order valence-corrected chi connectivity index (χ2v) is 9.20. The molecule has 0 aliphatic carbocycles. The summed E-state index contributed by atoms with van der Waals surface area (Å²) in [6.45, 7) is 2.69. The second-order valence-electron chi connectivity index (χ2n) is 7.27. The van der Waals surface area contributed by atoms with Crippen LogP contribution < -0.4 is 0 Å². The number of hydrogen-bond donors (Lipinski definition) is 0. The van der Waals surface area contributed by atoms with Gasteiger partial charge in [0.2, 0.25) is 10.0 Å². The van der Waals surface area contributed by atoms with Crippen LogP contribution in [0.3, 0.4) is 0 Å². The number of nitrogens with zero attached hydrogens (tertiary/aromatic N) is 1. The van der Waals surface area contributed by atoms with Crippen LogP contribution in [0.1, 0.15) is 47.7 Å². The van der Waals surface area contributed by atoms with Crippen molar-refractivity contribution in [3.63, 3.8) is 0 Å². The molecular formula is C21H23NO4S. The Balaban J connectivity index is 1.64. The molecule has 4 rings (SSSR count). The van der Waals surface area contributed by atoms with Crippen LogP contribution in [0, 0.1) is 0 Å². The van der Waals surface area contributed by atoms with E-state index in [0.717, 1.165) is 24.0 Å². The minimum atomic E-state index is -3.64. The molecule has 1 unspecified atom stereocenters. The second kappa shape index (κ2) is 6.77. The Bertz CT molecular complexity index is 968. The zero-order valence-electron chi connectivity index (χ0n) is 15.3. The van der Waals surface area contributed by atoms with Crippen LogP contribution in [0.15, 0.2) is 53.4 Å². The standard InChI is InChI=1S/C21H23NO4S/c1-2-6-16-9-11-17(12-10-16)27(24,25)22-14-5-13-21(15-22)19-8-4-3-7-18(19)20(23)26-21/h3-4,7-12H,2,5-6,13-15H2,1H3. The number of carbonyl (C=O) groups is 1. The van der Waals surface area contributed by atoms with Gasteiger partial charge >= 0.3 is 5.97 Å². The van der Waals surface area contributed by atoms with Crippen molar-refractivity contribution in [3.8, 4) is 0 Å². The van der Waals surface area contributed by atoms with Crippen LogP contribution in [0.2, 0.25) is 0 Å². The number of piperidine rings is 1. The van der Waals surface area contributed by atoms with E-state index in [4.69, 9.17) is 4.74 Å². The average Bonchev–Trinajstić information content (AvgIpc) is 2.94. The Morgan fingerprint density at radius 3 is 2.59 bits per heavy atom. The van der Waals surface area contributed by atoms with E-state index in [1.165, 1.54) is 4.31 Å². The summed E-state index contributed by atoms with van der Waals surface area (Å²) in [5, 5.41) is 0. The largest absolute Gasteiger partial charge is 0.449 e. The van der Waals surface area contributed by atoms with Crippen LogP contribution in [-0.2, 0) is 26.8 Å². The Morgan fingerprint density at radius 2 is 1.85 bits per heavy atom. The maximum Gasteiger partial charge on any atom is 0.339 e. The molecule has 2 aliphatic rings. The number of fused-ring (bicyclic) bond motifs is 2. The van der Waals surface area contributed by atoms with Crippen molar-refractivity contribution in [2.24, 2.45) is 0 Å². The molecule has 1 saturated heterocycles. The number of rotatable bonds is 4. The van der Waals surface area contributed by atoms with Crippen LogP contribution in [0.4, 0.5) is 0 Å². The van der Waals surface area contributed by atoms with Gasteiger partial charge in [-0.1, -0.05) is 43.7 Å². The van der Waals surface area contributed by atoms with Gasteiger partial charge in [0.15, 0.2) is 5.60 Å². The summed E-state index contributed by atoms with van der Waals surface area (Å²) in [6, 6.07) is 14.4. The molecule has 0 aromatic heterocycles. The summed E-state index contributed by atoms with van der Waals surface area (Å²) in [5.74, 6) is -0.367. The van der Waals surface area contributed by atoms with Crippen molar-refractivity contribution in [2.75, 3.05) is 13.1 Å². The normalized spacial score (nSPS) is 22.6. The molecule has 6 heteroatoms. The van der Waals surface area contributed by atoms with Crippen LogP contribution in [0.25, 0.3) is 0 Å². The van der Waals surface area contributed by atoms with E-state index in [1.54, 1.807) is 24.3 Å². The summed E-state index contributed by atoms with van der Waals surface area (Å²) in [5.41, 5.74) is 1.60. The number of benzene rings is 2.